The van der Waals surface area contributed by atoms with Gasteiger partial charge in [-0.3, -0.25) is 14.7 Å². The van der Waals surface area contributed by atoms with Gasteiger partial charge in [0.25, 0.3) is 15.9 Å². The summed E-state index contributed by atoms with van der Waals surface area (Å²) in [6.07, 6.45) is 2.08. The Labute approximate surface area is 227 Å². The van der Waals surface area contributed by atoms with Gasteiger partial charge in [0.05, 0.1) is 18.4 Å². The first-order valence-electron chi connectivity index (χ1n) is 11.2. The van der Waals surface area contributed by atoms with Crippen LogP contribution in [0.2, 0.25) is 5.02 Å². The van der Waals surface area contributed by atoms with Crippen molar-refractivity contribution in [2.24, 2.45) is 0 Å². The average molecular weight is 570 g/mol. The molecule has 9 nitrogen and oxygen atoms in total. The van der Waals surface area contributed by atoms with Crippen LogP contribution in [0.3, 0.4) is 0 Å². The topological polar surface area (TPSA) is 106 Å². The number of anilines is 2. The Hall–Kier alpha value is -3.93. The van der Waals surface area contributed by atoms with Crippen molar-refractivity contribution in [3.05, 3.63) is 101 Å². The van der Waals surface area contributed by atoms with Crippen molar-refractivity contribution in [2.45, 2.75) is 9.81 Å². The summed E-state index contributed by atoms with van der Waals surface area (Å²) in [7, 11) is -1.51. The highest BCUT2D eigenvalue weighted by molar-refractivity contribution is 7.95. The number of rotatable bonds is 6. The molecule has 0 fully saturated rings. The number of halogens is 1. The lowest BCUT2D eigenvalue weighted by atomic mass is 9.86. The fraction of sp³-hybridized carbons (Fsp3) is 0.115. The van der Waals surface area contributed by atoms with Crippen molar-refractivity contribution in [1.29, 1.82) is 0 Å². The Morgan fingerprint density at radius 1 is 1.05 bits per heavy atom. The molecule has 0 bridgehead atoms. The Morgan fingerprint density at radius 2 is 1.79 bits per heavy atom. The first-order chi connectivity index (χ1) is 18.2. The fourth-order valence-corrected chi connectivity index (χ4v) is 6.99. The lowest BCUT2D eigenvalue weighted by molar-refractivity contribution is -0.131. The van der Waals surface area contributed by atoms with E-state index in [1.165, 1.54) is 55.7 Å². The van der Waals surface area contributed by atoms with E-state index in [9.17, 15) is 18.0 Å². The second-order valence-corrected chi connectivity index (χ2v) is 11.6. The van der Waals surface area contributed by atoms with Crippen molar-refractivity contribution in [1.82, 2.24) is 4.98 Å². The minimum Gasteiger partial charge on any atom is -0.496 e. The quantitative estimate of drug-likeness (QED) is 0.319. The Morgan fingerprint density at radius 3 is 2.47 bits per heavy atom. The molecule has 0 aliphatic carbocycles. The van der Waals surface area contributed by atoms with Gasteiger partial charge in [-0.2, -0.15) is 12.7 Å². The molecule has 1 atom stereocenters. The van der Waals surface area contributed by atoms with Gasteiger partial charge < -0.3 is 9.47 Å². The van der Waals surface area contributed by atoms with E-state index in [0.29, 0.717) is 9.99 Å². The van der Waals surface area contributed by atoms with Gasteiger partial charge in [0.1, 0.15) is 9.96 Å². The Kier molecular flexibility index (Phi) is 6.59. The molecule has 0 saturated heterocycles. The van der Waals surface area contributed by atoms with Crippen LogP contribution in [0, 0.1) is 0 Å². The predicted molar refractivity (Wildman–Crippen MR) is 143 cm³/mol. The third-order valence-electron chi connectivity index (χ3n) is 6.08. The lowest BCUT2D eigenvalue weighted by Gasteiger charge is -2.32. The van der Waals surface area contributed by atoms with Crippen molar-refractivity contribution < 1.29 is 27.5 Å². The summed E-state index contributed by atoms with van der Waals surface area (Å²) in [5.41, 5.74) is -1.57. The maximum atomic E-state index is 14.4. The van der Waals surface area contributed by atoms with Crippen LogP contribution >= 0.6 is 22.9 Å². The van der Waals surface area contributed by atoms with E-state index in [1.807, 2.05) is 0 Å². The number of amides is 2. The van der Waals surface area contributed by atoms with Gasteiger partial charge in [-0.15, -0.1) is 11.3 Å². The van der Waals surface area contributed by atoms with E-state index in [4.69, 9.17) is 21.1 Å². The molecule has 0 spiro atoms. The molecule has 1 aliphatic heterocycles. The van der Waals surface area contributed by atoms with Crippen LogP contribution in [-0.4, -0.2) is 39.6 Å². The summed E-state index contributed by atoms with van der Waals surface area (Å²) in [6, 6.07) is 16.9. The number of thiophene rings is 1. The van der Waals surface area contributed by atoms with Crippen molar-refractivity contribution in [2.75, 3.05) is 23.4 Å². The normalized spacial score (nSPS) is 16.7. The summed E-state index contributed by atoms with van der Waals surface area (Å²) < 4.78 is 39.7. The molecule has 0 radical (unpaired) electrons. The standard InChI is InChI=1S/C26H20ClN3O6S2/c1-29(18-11-13-28-14-12-18)25(32)36-26(19-6-3-4-7-22(19)35-2)20-16-17(27)9-10-21(20)30(24(26)31)38(33,34)23-8-5-15-37-23/h3-16H,1-2H3. The molecule has 2 amide bonds. The van der Waals surface area contributed by atoms with Gasteiger partial charge in [-0.05, 0) is 47.8 Å². The molecule has 12 heteroatoms. The van der Waals surface area contributed by atoms with Crippen LogP contribution in [0.1, 0.15) is 11.1 Å². The molecule has 0 saturated carbocycles. The van der Waals surface area contributed by atoms with Crippen molar-refractivity contribution in [3.8, 4) is 5.75 Å². The van der Waals surface area contributed by atoms with Gasteiger partial charge >= 0.3 is 6.09 Å². The number of benzene rings is 2. The highest BCUT2D eigenvalue weighted by Crippen LogP contribution is 2.52. The summed E-state index contributed by atoms with van der Waals surface area (Å²) in [6.45, 7) is 0. The average Bonchev–Trinajstić information content (AvgIpc) is 3.56. The van der Waals surface area contributed by atoms with Gasteiger partial charge in [0, 0.05) is 35.7 Å². The molecule has 1 unspecified atom stereocenters. The number of sulfonamides is 1. The monoisotopic (exact) mass is 569 g/mol. The van der Waals surface area contributed by atoms with Crippen molar-refractivity contribution >= 4 is 56.3 Å². The zero-order chi connectivity index (χ0) is 27.1. The Balaban J connectivity index is 1.77. The van der Waals surface area contributed by atoms with Crippen LogP contribution in [0.5, 0.6) is 5.75 Å². The largest absolute Gasteiger partial charge is 0.496 e. The maximum absolute atomic E-state index is 14.4. The Bertz CT molecular complexity index is 1630. The number of carbonyl (C=O) groups excluding carboxylic acids is 2. The highest BCUT2D eigenvalue weighted by Gasteiger charge is 2.60. The van der Waals surface area contributed by atoms with Gasteiger partial charge in [0.2, 0.25) is 5.60 Å². The highest BCUT2D eigenvalue weighted by atomic mass is 35.5. The minimum absolute atomic E-state index is 0.0121. The first-order valence-corrected chi connectivity index (χ1v) is 13.8. The number of hydrogen-bond donors (Lipinski definition) is 0. The number of para-hydroxylation sites is 1. The van der Waals surface area contributed by atoms with E-state index < -0.39 is 27.6 Å². The summed E-state index contributed by atoms with van der Waals surface area (Å²) in [5.74, 6) is -0.800. The number of hydrogen-bond acceptors (Lipinski definition) is 8. The molecule has 5 rings (SSSR count). The third kappa shape index (κ3) is 3.99. The summed E-state index contributed by atoms with van der Waals surface area (Å²) in [5, 5.41) is 1.80. The molecule has 0 N–H and O–H groups in total. The second kappa shape index (κ2) is 9.75. The SMILES string of the molecule is COc1ccccc1C1(OC(=O)N(C)c2ccncc2)C(=O)N(S(=O)(=O)c2cccs2)c2ccc(Cl)cc21. The maximum Gasteiger partial charge on any atom is 0.415 e. The number of ether oxygens (including phenoxy) is 2. The zero-order valence-electron chi connectivity index (χ0n) is 20.1. The molecule has 194 valence electrons. The van der Waals surface area contributed by atoms with Crippen LogP contribution in [0.4, 0.5) is 16.2 Å². The molecular formula is C26H20ClN3O6S2. The second-order valence-electron chi connectivity index (χ2n) is 8.18. The molecular weight excluding hydrogens is 550 g/mol. The number of pyridine rings is 1. The van der Waals surface area contributed by atoms with Gasteiger partial charge in [-0.25, -0.2) is 4.79 Å². The smallest absolute Gasteiger partial charge is 0.415 e. The predicted octanol–water partition coefficient (Wildman–Crippen LogP) is 5.06. The summed E-state index contributed by atoms with van der Waals surface area (Å²) in [4.78, 5) is 33.2. The van der Waals surface area contributed by atoms with E-state index in [2.05, 4.69) is 4.98 Å². The van der Waals surface area contributed by atoms with Gasteiger partial charge in [-0.1, -0.05) is 35.9 Å². The van der Waals surface area contributed by atoms with Crippen molar-refractivity contribution in [3.63, 3.8) is 0 Å². The molecule has 38 heavy (non-hydrogen) atoms. The van der Waals surface area contributed by atoms with Gasteiger partial charge in [0.15, 0.2) is 0 Å². The number of methoxy groups -OCH3 is 1. The minimum atomic E-state index is -4.37. The zero-order valence-corrected chi connectivity index (χ0v) is 22.5. The third-order valence-corrected chi connectivity index (χ3v) is 9.39. The first kappa shape index (κ1) is 25.7. The molecule has 3 heterocycles. The van der Waals surface area contributed by atoms with Crippen LogP contribution < -0.4 is 13.9 Å². The summed E-state index contributed by atoms with van der Waals surface area (Å²) >= 11 is 7.31. The van der Waals surface area contributed by atoms with E-state index in [0.717, 1.165) is 11.3 Å². The molecule has 2 aromatic heterocycles. The molecule has 1 aliphatic rings. The van der Waals surface area contributed by atoms with Crippen LogP contribution in [0.15, 0.2) is 88.7 Å². The lowest BCUT2D eigenvalue weighted by Crippen LogP contribution is -2.48. The van der Waals surface area contributed by atoms with E-state index in [1.54, 1.807) is 47.8 Å². The molecule has 2 aromatic carbocycles. The fourth-order valence-electron chi connectivity index (χ4n) is 4.30. The molecule has 4 aromatic rings. The van der Waals surface area contributed by atoms with Crippen LogP contribution in [0.25, 0.3) is 0 Å². The van der Waals surface area contributed by atoms with Crippen LogP contribution in [-0.2, 0) is 25.2 Å². The number of nitrogens with zero attached hydrogens (tertiary/aromatic N) is 3. The number of aromatic nitrogens is 1. The van der Waals surface area contributed by atoms with E-state index in [-0.39, 0.29) is 31.8 Å². The van der Waals surface area contributed by atoms with E-state index >= 15 is 0 Å². The number of fused-ring (bicyclic) bond motifs is 1. The number of carbonyl (C=O) groups is 2.